The highest BCUT2D eigenvalue weighted by molar-refractivity contribution is 6.12. The van der Waals surface area contributed by atoms with Gasteiger partial charge in [-0.1, -0.05) is 0 Å². The molecule has 0 heterocycles. The van der Waals surface area contributed by atoms with Crippen LogP contribution in [0.4, 0.5) is 11.4 Å². The number of benzene rings is 2. The molecule has 0 atom stereocenters. The van der Waals surface area contributed by atoms with Gasteiger partial charge >= 0.3 is 0 Å². The molecular weight excluding hydrogens is 268 g/mol. The fourth-order valence-electron chi connectivity index (χ4n) is 1.92. The molecule has 2 N–H and O–H groups in total. The van der Waals surface area contributed by atoms with Crippen molar-refractivity contribution in [3.05, 3.63) is 53.6 Å². The number of carbonyl (C=O) groups excluding carboxylic acids is 2. The molecule has 0 aliphatic rings. The highest BCUT2D eigenvalue weighted by atomic mass is 16.5. The Morgan fingerprint density at radius 3 is 2.43 bits per heavy atom. The normalized spacial score (nSPS) is 10.0. The molecule has 0 unspecified atom stereocenters. The van der Waals surface area contributed by atoms with Crippen molar-refractivity contribution >= 4 is 23.6 Å². The molecule has 21 heavy (non-hydrogen) atoms. The van der Waals surface area contributed by atoms with Gasteiger partial charge in [0.25, 0.3) is 0 Å². The van der Waals surface area contributed by atoms with Gasteiger partial charge in [0.15, 0.2) is 5.78 Å². The van der Waals surface area contributed by atoms with Gasteiger partial charge in [-0.25, -0.2) is 0 Å². The van der Waals surface area contributed by atoms with E-state index in [-0.39, 0.29) is 5.78 Å². The van der Waals surface area contributed by atoms with E-state index in [0.29, 0.717) is 34.7 Å². The first-order valence-corrected chi connectivity index (χ1v) is 6.33. The van der Waals surface area contributed by atoms with Gasteiger partial charge in [-0.3, -0.25) is 9.59 Å². The minimum absolute atomic E-state index is 0.188. The molecule has 2 aromatic carbocycles. The predicted octanol–water partition coefficient (Wildman–Crippen LogP) is 2.10. The second-order valence-corrected chi connectivity index (χ2v) is 4.55. The maximum absolute atomic E-state index is 12.5. The molecule has 0 radical (unpaired) electrons. The van der Waals surface area contributed by atoms with Crippen LogP contribution in [-0.4, -0.2) is 26.4 Å². The Bertz CT molecular complexity index is 666. The van der Waals surface area contributed by atoms with Gasteiger partial charge in [-0.2, -0.15) is 0 Å². The summed E-state index contributed by atoms with van der Waals surface area (Å²) in [6.45, 7) is 0. The summed E-state index contributed by atoms with van der Waals surface area (Å²) in [6.07, 6.45) is 0.705. The zero-order valence-corrected chi connectivity index (χ0v) is 11.9. The molecule has 0 saturated heterocycles. The van der Waals surface area contributed by atoms with Crippen molar-refractivity contribution in [3.8, 4) is 5.75 Å². The Labute approximate surface area is 122 Å². The molecule has 0 saturated carbocycles. The Morgan fingerprint density at radius 1 is 1.19 bits per heavy atom. The largest absolute Gasteiger partial charge is 0.497 e. The second-order valence-electron chi connectivity index (χ2n) is 4.55. The molecule has 0 aliphatic carbocycles. The van der Waals surface area contributed by atoms with Crippen molar-refractivity contribution in [1.82, 2.24) is 0 Å². The van der Waals surface area contributed by atoms with E-state index < -0.39 is 0 Å². The van der Waals surface area contributed by atoms with E-state index in [1.807, 2.05) is 0 Å². The van der Waals surface area contributed by atoms with Crippen LogP contribution in [0.3, 0.4) is 0 Å². The molecule has 2 rings (SSSR count). The van der Waals surface area contributed by atoms with E-state index >= 15 is 0 Å². The number of hydrogen-bond acceptors (Lipinski definition) is 4. The first kappa shape index (κ1) is 14.6. The number of ketones is 1. The maximum atomic E-state index is 12.5. The van der Waals surface area contributed by atoms with Gasteiger partial charge in [0.05, 0.1) is 7.11 Å². The molecule has 0 fully saturated rings. The van der Waals surface area contributed by atoms with Gasteiger partial charge in [0.1, 0.15) is 5.75 Å². The van der Waals surface area contributed by atoms with E-state index in [4.69, 9.17) is 10.5 Å². The quantitative estimate of drug-likeness (QED) is 0.518. The van der Waals surface area contributed by atoms with E-state index in [0.717, 1.165) is 0 Å². The molecule has 0 bridgehead atoms. The average Bonchev–Trinajstić information content (AvgIpc) is 2.54. The number of carbonyl (C=O) groups is 2. The van der Waals surface area contributed by atoms with Crippen LogP contribution in [0.25, 0.3) is 0 Å². The predicted molar refractivity (Wildman–Crippen MR) is 81.7 cm³/mol. The summed E-state index contributed by atoms with van der Waals surface area (Å²) in [5.74, 6) is 0.386. The number of hydrogen-bond donors (Lipinski definition) is 1. The lowest BCUT2D eigenvalue weighted by Gasteiger charge is -2.11. The summed E-state index contributed by atoms with van der Waals surface area (Å²) in [5.41, 5.74) is 7.85. The van der Waals surface area contributed by atoms with E-state index in [1.54, 1.807) is 49.5 Å². The minimum Gasteiger partial charge on any atom is -0.497 e. The van der Waals surface area contributed by atoms with Crippen LogP contribution >= 0.6 is 0 Å². The molecule has 108 valence electrons. The standard InChI is InChI=1S/C16H16N2O3/c1-18(10-19)12-5-3-11(4-6-12)16(20)14-9-13(21-2)7-8-15(14)17/h3-10H,17H2,1-2H3. The third-order valence-corrected chi connectivity index (χ3v) is 3.20. The molecule has 5 nitrogen and oxygen atoms in total. The molecule has 0 spiro atoms. The number of amides is 1. The third kappa shape index (κ3) is 3.02. The van der Waals surface area contributed by atoms with Crippen LogP contribution < -0.4 is 15.4 Å². The number of methoxy groups -OCH3 is 1. The van der Waals surface area contributed by atoms with Crippen molar-refractivity contribution in [2.24, 2.45) is 0 Å². The lowest BCUT2D eigenvalue weighted by molar-refractivity contribution is -0.107. The number of nitrogens with two attached hydrogens (primary N) is 1. The second kappa shape index (κ2) is 6.09. The SMILES string of the molecule is COc1ccc(N)c(C(=O)c2ccc(N(C)C=O)cc2)c1. The van der Waals surface area contributed by atoms with Gasteiger partial charge in [-0.05, 0) is 42.5 Å². The average molecular weight is 284 g/mol. The zero-order valence-electron chi connectivity index (χ0n) is 11.9. The fourth-order valence-corrected chi connectivity index (χ4v) is 1.92. The summed E-state index contributed by atoms with van der Waals surface area (Å²) in [5, 5.41) is 0. The number of nitrogen functional groups attached to an aromatic ring is 1. The molecular formula is C16H16N2O3. The number of anilines is 2. The first-order chi connectivity index (χ1) is 10.1. The van der Waals surface area contributed by atoms with Crippen LogP contribution in [0.5, 0.6) is 5.75 Å². The third-order valence-electron chi connectivity index (χ3n) is 3.20. The highest BCUT2D eigenvalue weighted by Gasteiger charge is 2.13. The van der Waals surface area contributed by atoms with Crippen LogP contribution in [-0.2, 0) is 4.79 Å². The summed E-state index contributed by atoms with van der Waals surface area (Å²) < 4.78 is 5.11. The lowest BCUT2D eigenvalue weighted by Crippen LogP contribution is -2.13. The fraction of sp³-hybridized carbons (Fsp3) is 0.125. The van der Waals surface area contributed by atoms with Crippen molar-refractivity contribution in [3.63, 3.8) is 0 Å². The topological polar surface area (TPSA) is 72.6 Å². The Kier molecular flexibility index (Phi) is 4.23. The number of nitrogens with zero attached hydrogens (tertiary/aromatic N) is 1. The smallest absolute Gasteiger partial charge is 0.213 e. The van der Waals surface area contributed by atoms with E-state index in [2.05, 4.69) is 0 Å². The molecule has 2 aromatic rings. The minimum atomic E-state index is -0.188. The summed E-state index contributed by atoms with van der Waals surface area (Å²) in [6, 6.07) is 11.7. The van der Waals surface area contributed by atoms with Crippen molar-refractivity contribution in [2.45, 2.75) is 0 Å². The van der Waals surface area contributed by atoms with Crippen LogP contribution in [0, 0.1) is 0 Å². The van der Waals surface area contributed by atoms with Gasteiger partial charge in [0, 0.05) is 29.5 Å². The summed E-state index contributed by atoms with van der Waals surface area (Å²) >= 11 is 0. The van der Waals surface area contributed by atoms with E-state index in [9.17, 15) is 9.59 Å². The monoisotopic (exact) mass is 284 g/mol. The highest BCUT2D eigenvalue weighted by Crippen LogP contribution is 2.23. The van der Waals surface area contributed by atoms with Crippen LogP contribution in [0.2, 0.25) is 0 Å². The number of ether oxygens (including phenoxy) is 1. The van der Waals surface area contributed by atoms with Crippen molar-refractivity contribution in [1.29, 1.82) is 0 Å². The van der Waals surface area contributed by atoms with Gasteiger partial charge in [0.2, 0.25) is 6.41 Å². The summed E-state index contributed by atoms with van der Waals surface area (Å²) in [7, 11) is 3.17. The van der Waals surface area contributed by atoms with Crippen LogP contribution in [0.15, 0.2) is 42.5 Å². The maximum Gasteiger partial charge on any atom is 0.213 e. The Hall–Kier alpha value is -2.82. The van der Waals surface area contributed by atoms with E-state index in [1.165, 1.54) is 12.0 Å². The Morgan fingerprint density at radius 2 is 1.86 bits per heavy atom. The molecule has 1 amide bonds. The number of rotatable bonds is 5. The molecule has 5 heteroatoms. The lowest BCUT2D eigenvalue weighted by atomic mass is 10.0. The first-order valence-electron chi connectivity index (χ1n) is 6.33. The van der Waals surface area contributed by atoms with Crippen molar-refractivity contribution < 1.29 is 14.3 Å². The van der Waals surface area contributed by atoms with Crippen LogP contribution in [0.1, 0.15) is 15.9 Å². The molecule has 0 aromatic heterocycles. The van der Waals surface area contributed by atoms with Crippen molar-refractivity contribution in [2.75, 3.05) is 24.8 Å². The van der Waals surface area contributed by atoms with Gasteiger partial charge < -0.3 is 15.4 Å². The summed E-state index contributed by atoms with van der Waals surface area (Å²) in [4.78, 5) is 24.6. The Balaban J connectivity index is 2.34. The van der Waals surface area contributed by atoms with Gasteiger partial charge in [-0.15, -0.1) is 0 Å². The molecule has 0 aliphatic heterocycles. The zero-order chi connectivity index (χ0) is 15.4.